The van der Waals surface area contributed by atoms with E-state index in [1.807, 2.05) is 24.8 Å². The Morgan fingerprint density at radius 3 is 2.12 bits per heavy atom. The third-order valence-electron chi connectivity index (χ3n) is 4.86. The zero-order valence-electron chi connectivity index (χ0n) is 16.3. The number of Topliss-reactive ketones (excluding diaryl/α,β-unsaturated/α-hetero) is 1. The first-order valence-electron chi connectivity index (χ1n) is 8.90. The predicted octanol–water partition coefficient (Wildman–Crippen LogP) is 2.01. The van der Waals surface area contributed by atoms with E-state index in [-0.39, 0.29) is 17.1 Å². The predicted molar refractivity (Wildman–Crippen MR) is 101 cm³/mol. The molecule has 1 aromatic heterocycles. The van der Waals surface area contributed by atoms with E-state index >= 15 is 0 Å². The molecule has 142 valence electrons. The van der Waals surface area contributed by atoms with Crippen molar-refractivity contribution in [2.24, 2.45) is 0 Å². The Morgan fingerprint density at radius 1 is 1.12 bits per heavy atom. The number of carbonyl (C=O) groups is 1. The van der Waals surface area contributed by atoms with Crippen molar-refractivity contribution in [1.82, 2.24) is 13.8 Å². The molecule has 0 amide bonds. The maximum atomic E-state index is 12.8. The summed E-state index contributed by atoms with van der Waals surface area (Å²) in [5.74, 6) is 0.237. The minimum absolute atomic E-state index is 0.0627. The maximum Gasteiger partial charge on any atom is 0.213 e. The lowest BCUT2D eigenvalue weighted by atomic mass is 10.1. The van der Waals surface area contributed by atoms with E-state index in [4.69, 9.17) is 0 Å². The number of ketones is 1. The summed E-state index contributed by atoms with van der Waals surface area (Å²) in [6, 6.07) is 1.97. The highest BCUT2D eigenvalue weighted by molar-refractivity contribution is 7.89. The van der Waals surface area contributed by atoms with Gasteiger partial charge in [-0.2, -0.15) is 4.31 Å². The van der Waals surface area contributed by atoms with Crippen molar-refractivity contribution < 1.29 is 13.2 Å². The molecule has 0 bridgehead atoms. The molecule has 1 aliphatic heterocycles. The van der Waals surface area contributed by atoms with E-state index in [1.165, 1.54) is 4.31 Å². The topological polar surface area (TPSA) is 62.6 Å². The van der Waals surface area contributed by atoms with Crippen LogP contribution in [0.2, 0.25) is 0 Å². The molecule has 0 radical (unpaired) electrons. The highest BCUT2D eigenvalue weighted by Crippen LogP contribution is 2.25. The number of sulfonamides is 1. The molecule has 25 heavy (non-hydrogen) atoms. The quantitative estimate of drug-likeness (QED) is 0.745. The summed E-state index contributed by atoms with van der Waals surface area (Å²) in [4.78, 5) is 14.8. The lowest BCUT2D eigenvalue weighted by molar-refractivity contribution is 0.0901. The van der Waals surface area contributed by atoms with E-state index < -0.39 is 10.0 Å². The largest absolute Gasteiger partial charge is 0.343 e. The average molecular weight is 370 g/mol. The number of nitrogens with zero attached hydrogens (tertiary/aromatic N) is 3. The first-order chi connectivity index (χ1) is 11.5. The molecule has 1 aromatic rings. The summed E-state index contributed by atoms with van der Waals surface area (Å²) in [5.41, 5.74) is 2.80. The number of aryl methyl sites for hydroxylation is 1. The Labute approximate surface area is 151 Å². The molecular formula is C18H31N3O3S. The lowest BCUT2D eigenvalue weighted by Crippen LogP contribution is -2.50. The Bertz CT molecular complexity index is 736. The average Bonchev–Trinajstić information content (AvgIpc) is 2.82. The van der Waals surface area contributed by atoms with Crippen molar-refractivity contribution in [3.05, 3.63) is 23.0 Å². The smallest absolute Gasteiger partial charge is 0.213 e. The molecule has 0 aromatic carbocycles. The van der Waals surface area contributed by atoms with Crippen molar-refractivity contribution in [3.8, 4) is 0 Å². The second kappa shape index (κ2) is 7.21. The van der Waals surface area contributed by atoms with Gasteiger partial charge in [-0.3, -0.25) is 9.69 Å². The number of aromatic nitrogens is 1. The summed E-state index contributed by atoms with van der Waals surface area (Å²) in [6.07, 6.45) is 0. The summed E-state index contributed by atoms with van der Waals surface area (Å²) in [6.45, 7) is 14.6. The fraction of sp³-hybridized carbons (Fsp3) is 0.722. The zero-order chi connectivity index (χ0) is 19.0. The Balaban J connectivity index is 2.05. The number of hydrogen-bond donors (Lipinski definition) is 0. The molecule has 0 aliphatic carbocycles. The van der Waals surface area contributed by atoms with Gasteiger partial charge in [0.05, 0.1) is 12.3 Å². The highest BCUT2D eigenvalue weighted by atomic mass is 32.2. The molecule has 0 N–H and O–H groups in total. The van der Waals surface area contributed by atoms with Crippen LogP contribution >= 0.6 is 0 Å². The summed E-state index contributed by atoms with van der Waals surface area (Å²) in [5, 5.41) is 0. The third-order valence-corrected chi connectivity index (χ3v) is 6.74. The first kappa shape index (κ1) is 20.1. The lowest BCUT2D eigenvalue weighted by Gasteiger charge is -2.33. The molecule has 0 unspecified atom stereocenters. The van der Waals surface area contributed by atoms with Gasteiger partial charge in [-0.1, -0.05) is 0 Å². The first-order valence-corrected chi connectivity index (χ1v) is 10.5. The summed E-state index contributed by atoms with van der Waals surface area (Å²) >= 11 is 0. The van der Waals surface area contributed by atoms with Gasteiger partial charge in [-0.25, -0.2) is 8.42 Å². The SMILES string of the molecule is CCS(=O)(=O)N1CCN(CC(=O)c2cc(C)n(C(C)(C)C)c2C)CC1. The van der Waals surface area contributed by atoms with Crippen LogP contribution in [0, 0.1) is 13.8 Å². The van der Waals surface area contributed by atoms with Gasteiger partial charge in [0.25, 0.3) is 0 Å². The van der Waals surface area contributed by atoms with E-state index in [0.29, 0.717) is 32.7 Å². The Hall–Kier alpha value is -1.18. The van der Waals surface area contributed by atoms with Crippen LogP contribution in [0.4, 0.5) is 0 Å². The van der Waals surface area contributed by atoms with Crippen molar-refractivity contribution in [2.45, 2.75) is 47.1 Å². The second-order valence-electron chi connectivity index (χ2n) is 7.79. The van der Waals surface area contributed by atoms with Gasteiger partial charge in [0.15, 0.2) is 5.78 Å². The monoisotopic (exact) mass is 369 g/mol. The molecular weight excluding hydrogens is 338 g/mol. The van der Waals surface area contributed by atoms with Crippen LogP contribution in [0.15, 0.2) is 6.07 Å². The van der Waals surface area contributed by atoms with Crippen molar-refractivity contribution in [2.75, 3.05) is 38.5 Å². The van der Waals surface area contributed by atoms with E-state index in [9.17, 15) is 13.2 Å². The van der Waals surface area contributed by atoms with Crippen LogP contribution in [0.25, 0.3) is 0 Å². The number of piperazine rings is 1. The second-order valence-corrected chi connectivity index (χ2v) is 10.0. The standard InChI is InChI=1S/C18H31N3O3S/c1-7-25(23,24)20-10-8-19(9-11-20)13-17(22)16-12-14(2)21(15(16)3)18(4,5)6/h12H,7-11,13H2,1-6H3. The highest BCUT2D eigenvalue weighted by Gasteiger charge is 2.28. The van der Waals surface area contributed by atoms with E-state index in [0.717, 1.165) is 17.0 Å². The minimum atomic E-state index is -3.13. The molecule has 1 fully saturated rings. The van der Waals surface area contributed by atoms with Gasteiger partial charge in [-0.15, -0.1) is 0 Å². The molecule has 7 heteroatoms. The van der Waals surface area contributed by atoms with Gasteiger partial charge in [-0.05, 0) is 47.6 Å². The fourth-order valence-corrected chi connectivity index (χ4v) is 4.80. The molecule has 0 saturated carbocycles. The van der Waals surface area contributed by atoms with Crippen LogP contribution < -0.4 is 0 Å². The van der Waals surface area contributed by atoms with Crippen LogP contribution in [0.1, 0.15) is 49.4 Å². The molecule has 2 heterocycles. The van der Waals surface area contributed by atoms with Crippen molar-refractivity contribution in [1.29, 1.82) is 0 Å². The molecule has 2 rings (SSSR count). The summed E-state index contributed by atoms with van der Waals surface area (Å²) in [7, 11) is -3.13. The number of rotatable bonds is 5. The Kier molecular flexibility index (Phi) is 5.81. The normalized spacial score (nSPS) is 17.8. The summed E-state index contributed by atoms with van der Waals surface area (Å²) < 4.78 is 27.6. The Morgan fingerprint density at radius 2 is 1.68 bits per heavy atom. The zero-order valence-corrected chi connectivity index (χ0v) is 17.1. The molecule has 0 atom stereocenters. The van der Waals surface area contributed by atoms with Gasteiger partial charge in [0.1, 0.15) is 0 Å². The van der Waals surface area contributed by atoms with E-state index in [2.05, 4.69) is 25.3 Å². The maximum absolute atomic E-state index is 12.8. The van der Waals surface area contributed by atoms with Crippen LogP contribution in [-0.4, -0.2) is 66.4 Å². The van der Waals surface area contributed by atoms with Gasteiger partial charge >= 0.3 is 0 Å². The van der Waals surface area contributed by atoms with Crippen LogP contribution in [-0.2, 0) is 15.6 Å². The molecule has 1 aliphatic rings. The van der Waals surface area contributed by atoms with Crippen molar-refractivity contribution >= 4 is 15.8 Å². The fourth-order valence-electron chi connectivity index (χ4n) is 3.71. The van der Waals surface area contributed by atoms with Gasteiger partial charge in [0.2, 0.25) is 10.0 Å². The van der Waals surface area contributed by atoms with Gasteiger partial charge < -0.3 is 4.57 Å². The molecule has 0 spiro atoms. The van der Waals surface area contributed by atoms with Crippen molar-refractivity contribution in [3.63, 3.8) is 0 Å². The van der Waals surface area contributed by atoms with Crippen LogP contribution in [0.5, 0.6) is 0 Å². The number of hydrogen-bond acceptors (Lipinski definition) is 4. The van der Waals surface area contributed by atoms with Gasteiger partial charge in [0, 0.05) is 48.7 Å². The van der Waals surface area contributed by atoms with E-state index in [1.54, 1.807) is 6.92 Å². The molecule has 6 nitrogen and oxygen atoms in total. The number of carbonyl (C=O) groups excluding carboxylic acids is 1. The molecule has 1 saturated heterocycles. The minimum Gasteiger partial charge on any atom is -0.343 e. The third kappa shape index (κ3) is 4.33. The van der Waals surface area contributed by atoms with Crippen LogP contribution in [0.3, 0.4) is 0 Å².